The lowest BCUT2D eigenvalue weighted by atomic mass is 10.2. The zero-order valence-corrected chi connectivity index (χ0v) is 9.83. The third-order valence-electron chi connectivity index (χ3n) is 2.38. The van der Waals surface area contributed by atoms with E-state index in [0.717, 1.165) is 15.8 Å². The Hall–Kier alpha value is -2.61. The molecule has 1 aromatic carbocycles. The van der Waals surface area contributed by atoms with Crippen molar-refractivity contribution in [2.24, 2.45) is 0 Å². The summed E-state index contributed by atoms with van der Waals surface area (Å²) in [6.45, 7) is 2.17. The number of carbonyl (C=O) groups excluding carboxylic acids is 1. The topological polar surface area (TPSA) is 67.9 Å². The number of hydrogen-bond donors (Lipinski definition) is 0. The number of aromatic nitrogens is 2. The van der Waals surface area contributed by atoms with Gasteiger partial charge in [-0.05, 0) is 12.5 Å². The molecule has 90 valence electrons. The van der Waals surface area contributed by atoms with Gasteiger partial charge in [0.2, 0.25) is 0 Å². The first-order valence-electron chi connectivity index (χ1n) is 5.36. The first kappa shape index (κ1) is 11.9. The Kier molecular flexibility index (Phi) is 3.39. The van der Waals surface area contributed by atoms with Crippen LogP contribution in [0.25, 0.3) is 0 Å². The number of benzene rings is 1. The lowest BCUT2D eigenvalue weighted by Gasteiger charge is -2.04. The molecule has 0 fully saturated rings. The van der Waals surface area contributed by atoms with Gasteiger partial charge in [0, 0.05) is 0 Å². The van der Waals surface area contributed by atoms with Crippen molar-refractivity contribution in [2.75, 3.05) is 0 Å². The zero-order chi connectivity index (χ0) is 13.0. The highest BCUT2D eigenvalue weighted by Crippen LogP contribution is 2.05. The van der Waals surface area contributed by atoms with E-state index in [1.807, 2.05) is 37.3 Å². The summed E-state index contributed by atoms with van der Waals surface area (Å²) >= 11 is 0. The fourth-order valence-corrected chi connectivity index (χ4v) is 1.38. The predicted molar refractivity (Wildman–Crippen MR) is 63.7 cm³/mol. The van der Waals surface area contributed by atoms with Crippen molar-refractivity contribution in [1.82, 2.24) is 9.78 Å². The van der Waals surface area contributed by atoms with Gasteiger partial charge in [0.05, 0.1) is 18.0 Å². The van der Waals surface area contributed by atoms with Crippen LogP contribution in [0.4, 0.5) is 4.79 Å². The Morgan fingerprint density at radius 1 is 1.44 bits per heavy atom. The molecule has 2 rings (SSSR count). The third kappa shape index (κ3) is 2.74. The molecule has 18 heavy (non-hydrogen) atoms. The van der Waals surface area contributed by atoms with Crippen molar-refractivity contribution in [3.8, 4) is 6.07 Å². The summed E-state index contributed by atoms with van der Waals surface area (Å²) in [4.78, 5) is 11.6. The van der Waals surface area contributed by atoms with Crippen LogP contribution in [0.1, 0.15) is 16.7 Å². The van der Waals surface area contributed by atoms with Crippen LogP contribution in [-0.2, 0) is 11.3 Å². The number of ether oxygens (including phenoxy) is 1. The number of rotatable bonds is 2. The van der Waals surface area contributed by atoms with Crippen LogP contribution in [-0.4, -0.2) is 15.9 Å². The molecule has 0 saturated heterocycles. The largest absolute Gasteiger partial charge is 0.443 e. The molecular formula is C13H11N3O2. The van der Waals surface area contributed by atoms with E-state index in [0.29, 0.717) is 5.56 Å². The molecule has 2 aromatic rings. The molecule has 0 N–H and O–H groups in total. The Morgan fingerprint density at radius 2 is 2.17 bits per heavy atom. The number of hydrogen-bond acceptors (Lipinski definition) is 4. The molecule has 5 nitrogen and oxygen atoms in total. The van der Waals surface area contributed by atoms with Gasteiger partial charge in [0.15, 0.2) is 0 Å². The second-order valence-corrected chi connectivity index (χ2v) is 3.83. The average molecular weight is 241 g/mol. The van der Waals surface area contributed by atoms with Crippen molar-refractivity contribution >= 4 is 6.09 Å². The summed E-state index contributed by atoms with van der Waals surface area (Å²) < 4.78 is 6.07. The van der Waals surface area contributed by atoms with Gasteiger partial charge in [-0.2, -0.15) is 15.0 Å². The zero-order valence-electron chi connectivity index (χ0n) is 9.83. The normalized spacial score (nSPS) is 9.78. The van der Waals surface area contributed by atoms with Crippen molar-refractivity contribution < 1.29 is 9.53 Å². The maximum absolute atomic E-state index is 11.6. The molecule has 1 aromatic heterocycles. The highest BCUT2D eigenvalue weighted by Gasteiger charge is 2.08. The minimum atomic E-state index is -0.600. The van der Waals surface area contributed by atoms with Crippen molar-refractivity contribution in [2.45, 2.75) is 13.5 Å². The van der Waals surface area contributed by atoms with Crippen LogP contribution < -0.4 is 0 Å². The Bertz CT molecular complexity index is 593. The molecular weight excluding hydrogens is 230 g/mol. The first-order chi connectivity index (χ1) is 8.69. The Balaban J connectivity index is 1.96. The molecule has 0 unspecified atom stereocenters. The van der Waals surface area contributed by atoms with Gasteiger partial charge in [-0.3, -0.25) is 0 Å². The monoisotopic (exact) mass is 241 g/mol. The maximum atomic E-state index is 11.6. The van der Waals surface area contributed by atoms with E-state index >= 15 is 0 Å². The summed E-state index contributed by atoms with van der Waals surface area (Å²) in [5.74, 6) is 0. The number of aryl methyl sites for hydroxylation is 1. The van der Waals surface area contributed by atoms with E-state index in [-0.39, 0.29) is 6.61 Å². The van der Waals surface area contributed by atoms with E-state index in [2.05, 4.69) is 5.10 Å². The van der Waals surface area contributed by atoms with Crippen molar-refractivity contribution in [3.05, 3.63) is 53.3 Å². The van der Waals surface area contributed by atoms with Gasteiger partial charge in [-0.15, -0.1) is 0 Å². The van der Waals surface area contributed by atoms with E-state index in [9.17, 15) is 4.79 Å². The van der Waals surface area contributed by atoms with Gasteiger partial charge in [-0.25, -0.2) is 4.79 Å². The van der Waals surface area contributed by atoms with Crippen LogP contribution >= 0.6 is 0 Å². The van der Waals surface area contributed by atoms with Gasteiger partial charge in [0.25, 0.3) is 0 Å². The fourth-order valence-electron chi connectivity index (χ4n) is 1.38. The first-order valence-corrected chi connectivity index (χ1v) is 5.36. The summed E-state index contributed by atoms with van der Waals surface area (Å²) in [5.41, 5.74) is 2.37. The minimum Gasteiger partial charge on any atom is -0.443 e. The smallest absolute Gasteiger partial charge is 0.435 e. The van der Waals surface area contributed by atoms with Gasteiger partial charge in [-0.1, -0.05) is 29.8 Å². The summed E-state index contributed by atoms with van der Waals surface area (Å²) in [6.07, 6.45) is 2.04. The van der Waals surface area contributed by atoms with E-state index in [1.165, 1.54) is 12.4 Å². The summed E-state index contributed by atoms with van der Waals surface area (Å²) in [6, 6.07) is 9.58. The van der Waals surface area contributed by atoms with Gasteiger partial charge >= 0.3 is 6.09 Å². The molecule has 0 spiro atoms. The lowest BCUT2D eigenvalue weighted by Crippen LogP contribution is -2.13. The molecule has 0 aliphatic heterocycles. The van der Waals surface area contributed by atoms with Crippen LogP contribution in [0.2, 0.25) is 0 Å². The molecule has 0 radical (unpaired) electrons. The quantitative estimate of drug-likeness (QED) is 0.808. The summed E-state index contributed by atoms with van der Waals surface area (Å²) in [5, 5.41) is 12.3. The molecule has 0 saturated carbocycles. The standard InChI is InChI=1S/C13H11N3O2/c1-10-2-4-11(5-3-10)9-18-13(17)16-8-12(6-14)7-15-16/h2-5,7-8H,9H2,1H3. The van der Waals surface area contributed by atoms with E-state index < -0.39 is 6.09 Å². The van der Waals surface area contributed by atoms with E-state index in [1.54, 1.807) is 0 Å². The van der Waals surface area contributed by atoms with Crippen LogP contribution in [0, 0.1) is 18.3 Å². The predicted octanol–water partition coefficient (Wildman–Crippen LogP) is 2.25. The second-order valence-electron chi connectivity index (χ2n) is 3.83. The molecule has 0 bridgehead atoms. The number of nitrogens with zero attached hydrogens (tertiary/aromatic N) is 3. The van der Waals surface area contributed by atoms with Gasteiger partial charge < -0.3 is 4.74 Å². The molecule has 5 heteroatoms. The van der Waals surface area contributed by atoms with Crippen LogP contribution in [0.15, 0.2) is 36.7 Å². The molecule has 0 aliphatic carbocycles. The highest BCUT2D eigenvalue weighted by molar-refractivity contribution is 5.69. The second kappa shape index (κ2) is 5.15. The van der Waals surface area contributed by atoms with Crippen LogP contribution in [0.3, 0.4) is 0 Å². The molecule has 0 atom stereocenters. The SMILES string of the molecule is Cc1ccc(COC(=O)n2cc(C#N)cn2)cc1. The maximum Gasteiger partial charge on any atom is 0.435 e. The van der Waals surface area contributed by atoms with Crippen LogP contribution in [0.5, 0.6) is 0 Å². The molecule has 0 aliphatic rings. The minimum absolute atomic E-state index is 0.181. The Labute approximate surface area is 104 Å². The average Bonchev–Trinajstić information content (AvgIpc) is 2.86. The highest BCUT2D eigenvalue weighted by atomic mass is 16.6. The molecule has 0 amide bonds. The van der Waals surface area contributed by atoms with E-state index in [4.69, 9.17) is 10.00 Å². The number of nitriles is 1. The van der Waals surface area contributed by atoms with Gasteiger partial charge in [0.1, 0.15) is 12.7 Å². The molecule has 1 heterocycles. The fraction of sp³-hybridized carbons (Fsp3) is 0.154. The lowest BCUT2D eigenvalue weighted by molar-refractivity contribution is 0.138. The Morgan fingerprint density at radius 3 is 2.78 bits per heavy atom. The van der Waals surface area contributed by atoms with Crippen molar-refractivity contribution in [1.29, 1.82) is 5.26 Å². The van der Waals surface area contributed by atoms with Crippen molar-refractivity contribution in [3.63, 3.8) is 0 Å². The number of carbonyl (C=O) groups is 1. The third-order valence-corrected chi connectivity index (χ3v) is 2.38. The summed E-state index contributed by atoms with van der Waals surface area (Å²) in [7, 11) is 0.